The van der Waals surface area contributed by atoms with Gasteiger partial charge in [-0.3, -0.25) is 9.10 Å². The van der Waals surface area contributed by atoms with Crippen molar-refractivity contribution in [3.05, 3.63) is 95.1 Å². The number of hydrogen-bond acceptors (Lipinski definition) is 3. The number of anilines is 1. The van der Waals surface area contributed by atoms with Crippen LogP contribution >= 0.6 is 0 Å². The second-order valence-electron chi connectivity index (χ2n) is 7.37. The van der Waals surface area contributed by atoms with Crippen LogP contribution in [-0.4, -0.2) is 20.9 Å². The fraction of sp³-hybridized carbons (Fsp3) is 0.208. The molecule has 0 bridgehead atoms. The SMILES string of the molecule is Cc1ccc(CNC(=O)CN(c2ccccc2C)S(=O)(=O)c2ccc(C)cc2)cc1. The Bertz CT molecular complexity index is 1120. The summed E-state index contributed by atoms with van der Waals surface area (Å²) in [5.41, 5.74) is 4.33. The highest BCUT2D eigenvalue weighted by Crippen LogP contribution is 2.26. The number of sulfonamides is 1. The summed E-state index contributed by atoms with van der Waals surface area (Å²) in [5, 5.41) is 2.83. The molecule has 30 heavy (non-hydrogen) atoms. The van der Waals surface area contributed by atoms with Crippen molar-refractivity contribution >= 4 is 21.6 Å². The number of para-hydroxylation sites is 1. The van der Waals surface area contributed by atoms with Crippen LogP contribution in [0.15, 0.2) is 77.7 Å². The van der Waals surface area contributed by atoms with Crippen LogP contribution < -0.4 is 9.62 Å². The third-order valence-electron chi connectivity index (χ3n) is 4.89. The van der Waals surface area contributed by atoms with E-state index in [0.29, 0.717) is 12.2 Å². The highest BCUT2D eigenvalue weighted by molar-refractivity contribution is 7.92. The highest BCUT2D eigenvalue weighted by atomic mass is 32.2. The van der Waals surface area contributed by atoms with E-state index in [1.54, 1.807) is 36.4 Å². The second kappa shape index (κ2) is 9.13. The van der Waals surface area contributed by atoms with Gasteiger partial charge in [0.25, 0.3) is 10.0 Å². The van der Waals surface area contributed by atoms with Crippen molar-refractivity contribution in [3.63, 3.8) is 0 Å². The number of nitrogens with zero attached hydrogens (tertiary/aromatic N) is 1. The van der Waals surface area contributed by atoms with E-state index >= 15 is 0 Å². The van der Waals surface area contributed by atoms with Gasteiger partial charge in [-0.15, -0.1) is 0 Å². The first-order valence-corrected chi connectivity index (χ1v) is 11.2. The quantitative estimate of drug-likeness (QED) is 0.623. The molecule has 0 aliphatic heterocycles. The first-order valence-electron chi connectivity index (χ1n) is 9.74. The minimum atomic E-state index is -3.90. The Morgan fingerprint density at radius 3 is 2.00 bits per heavy atom. The number of benzene rings is 3. The molecule has 0 heterocycles. The van der Waals surface area contributed by atoms with Gasteiger partial charge >= 0.3 is 0 Å². The molecule has 0 aromatic heterocycles. The normalized spacial score (nSPS) is 11.2. The molecule has 3 aromatic carbocycles. The summed E-state index contributed by atoms with van der Waals surface area (Å²) in [5.74, 6) is -0.366. The van der Waals surface area contributed by atoms with E-state index in [-0.39, 0.29) is 17.3 Å². The van der Waals surface area contributed by atoms with Gasteiger partial charge in [0.15, 0.2) is 0 Å². The van der Waals surface area contributed by atoms with E-state index in [0.717, 1.165) is 22.3 Å². The molecule has 0 spiro atoms. The molecular formula is C24H26N2O3S. The van der Waals surface area contributed by atoms with Crippen molar-refractivity contribution in [2.75, 3.05) is 10.8 Å². The van der Waals surface area contributed by atoms with Gasteiger partial charge in [-0.1, -0.05) is 65.7 Å². The van der Waals surface area contributed by atoms with Gasteiger partial charge in [-0.25, -0.2) is 8.42 Å². The molecule has 0 fully saturated rings. The summed E-state index contributed by atoms with van der Waals surface area (Å²) in [7, 11) is -3.90. The lowest BCUT2D eigenvalue weighted by Crippen LogP contribution is -2.41. The van der Waals surface area contributed by atoms with Crippen molar-refractivity contribution in [1.82, 2.24) is 5.32 Å². The van der Waals surface area contributed by atoms with Crippen molar-refractivity contribution in [1.29, 1.82) is 0 Å². The molecular weight excluding hydrogens is 396 g/mol. The van der Waals surface area contributed by atoms with E-state index < -0.39 is 10.0 Å². The average Bonchev–Trinajstić information content (AvgIpc) is 2.72. The Morgan fingerprint density at radius 1 is 0.833 bits per heavy atom. The molecule has 0 saturated carbocycles. The third kappa shape index (κ3) is 5.07. The Morgan fingerprint density at radius 2 is 1.40 bits per heavy atom. The Kier molecular flexibility index (Phi) is 6.57. The van der Waals surface area contributed by atoms with Crippen LogP contribution in [0.1, 0.15) is 22.3 Å². The molecule has 0 aliphatic rings. The first kappa shape index (κ1) is 21.6. The number of nitrogens with one attached hydrogen (secondary N) is 1. The van der Waals surface area contributed by atoms with Crippen LogP contribution in [0.4, 0.5) is 5.69 Å². The van der Waals surface area contributed by atoms with Gasteiger partial charge in [0.05, 0.1) is 10.6 Å². The van der Waals surface area contributed by atoms with Crippen LogP contribution in [0.3, 0.4) is 0 Å². The van der Waals surface area contributed by atoms with Gasteiger partial charge in [-0.05, 0) is 50.1 Å². The van der Waals surface area contributed by atoms with Crippen LogP contribution in [-0.2, 0) is 21.4 Å². The summed E-state index contributed by atoms with van der Waals surface area (Å²) in [4.78, 5) is 12.8. The number of hydrogen-bond donors (Lipinski definition) is 1. The summed E-state index contributed by atoms with van der Waals surface area (Å²) in [6.07, 6.45) is 0. The topological polar surface area (TPSA) is 66.5 Å². The lowest BCUT2D eigenvalue weighted by Gasteiger charge is -2.25. The smallest absolute Gasteiger partial charge is 0.264 e. The van der Waals surface area contributed by atoms with Crippen molar-refractivity contribution in [2.24, 2.45) is 0 Å². The van der Waals surface area contributed by atoms with Gasteiger partial charge in [0.1, 0.15) is 6.54 Å². The number of carbonyl (C=O) groups excluding carboxylic acids is 1. The van der Waals surface area contributed by atoms with E-state index in [9.17, 15) is 13.2 Å². The van der Waals surface area contributed by atoms with E-state index in [1.165, 1.54) is 4.31 Å². The predicted octanol–water partition coefficient (Wildman–Crippen LogP) is 4.12. The maximum absolute atomic E-state index is 13.4. The molecule has 6 heteroatoms. The largest absolute Gasteiger partial charge is 0.350 e. The lowest BCUT2D eigenvalue weighted by molar-refractivity contribution is -0.119. The van der Waals surface area contributed by atoms with Crippen LogP contribution in [0.25, 0.3) is 0 Å². The standard InChI is InChI=1S/C24H26N2O3S/c1-18-8-12-21(13-9-18)16-25-24(27)17-26(23-7-5-4-6-20(23)3)30(28,29)22-14-10-19(2)11-15-22/h4-15H,16-17H2,1-3H3,(H,25,27). The maximum Gasteiger partial charge on any atom is 0.264 e. The molecule has 0 aliphatic carbocycles. The second-order valence-corrected chi connectivity index (χ2v) is 9.24. The molecule has 3 aromatic rings. The first-order chi connectivity index (χ1) is 14.3. The highest BCUT2D eigenvalue weighted by Gasteiger charge is 2.28. The summed E-state index contributed by atoms with van der Waals surface area (Å²) >= 11 is 0. The molecule has 1 amide bonds. The minimum absolute atomic E-state index is 0.155. The lowest BCUT2D eigenvalue weighted by atomic mass is 10.1. The van der Waals surface area contributed by atoms with E-state index in [2.05, 4.69) is 5.32 Å². The van der Waals surface area contributed by atoms with Crippen LogP contribution in [0.5, 0.6) is 0 Å². The van der Waals surface area contributed by atoms with Gasteiger partial charge in [0.2, 0.25) is 5.91 Å². The summed E-state index contributed by atoms with van der Waals surface area (Å²) in [6.45, 7) is 5.77. The van der Waals surface area contributed by atoms with Crippen LogP contribution in [0, 0.1) is 20.8 Å². The molecule has 1 N–H and O–H groups in total. The predicted molar refractivity (Wildman–Crippen MR) is 120 cm³/mol. The van der Waals surface area contributed by atoms with Gasteiger partial charge in [0, 0.05) is 6.54 Å². The summed E-state index contributed by atoms with van der Waals surface area (Å²) < 4.78 is 28.0. The number of aryl methyl sites for hydroxylation is 3. The Labute approximate surface area is 178 Å². The fourth-order valence-electron chi connectivity index (χ4n) is 3.07. The van der Waals surface area contributed by atoms with Crippen molar-refractivity contribution < 1.29 is 13.2 Å². The van der Waals surface area contributed by atoms with E-state index in [1.807, 2.05) is 57.2 Å². The molecule has 0 atom stereocenters. The zero-order chi connectivity index (χ0) is 21.7. The monoisotopic (exact) mass is 422 g/mol. The number of rotatable bonds is 7. The third-order valence-corrected chi connectivity index (χ3v) is 6.66. The average molecular weight is 423 g/mol. The molecule has 5 nitrogen and oxygen atoms in total. The van der Waals surface area contributed by atoms with Crippen molar-refractivity contribution in [2.45, 2.75) is 32.2 Å². The molecule has 0 unspecified atom stereocenters. The zero-order valence-corrected chi connectivity index (χ0v) is 18.2. The van der Waals surface area contributed by atoms with E-state index in [4.69, 9.17) is 0 Å². The Hall–Kier alpha value is -3.12. The molecule has 156 valence electrons. The van der Waals surface area contributed by atoms with Crippen molar-refractivity contribution in [3.8, 4) is 0 Å². The maximum atomic E-state index is 13.4. The fourth-order valence-corrected chi connectivity index (χ4v) is 4.56. The molecule has 3 rings (SSSR count). The minimum Gasteiger partial charge on any atom is -0.350 e. The molecule has 0 radical (unpaired) electrons. The van der Waals surface area contributed by atoms with Gasteiger partial charge in [-0.2, -0.15) is 0 Å². The Balaban J connectivity index is 1.86. The van der Waals surface area contributed by atoms with Gasteiger partial charge < -0.3 is 5.32 Å². The summed E-state index contributed by atoms with van der Waals surface area (Å²) in [6, 6.07) is 21.6. The number of carbonyl (C=O) groups is 1. The zero-order valence-electron chi connectivity index (χ0n) is 17.4. The molecule has 0 saturated heterocycles. The van der Waals surface area contributed by atoms with Crippen LogP contribution in [0.2, 0.25) is 0 Å². The number of amides is 1.